The SMILES string of the molecule is CCc1ccc(Cn2c(CNCCOC)cnc2C)s1. The van der Waals surface area contributed by atoms with Crippen molar-refractivity contribution < 1.29 is 4.74 Å². The Hall–Kier alpha value is -1.17. The minimum Gasteiger partial charge on any atom is -0.383 e. The van der Waals surface area contributed by atoms with E-state index in [-0.39, 0.29) is 0 Å². The Morgan fingerprint density at radius 2 is 2.15 bits per heavy atom. The highest BCUT2D eigenvalue weighted by molar-refractivity contribution is 7.11. The molecular weight excluding hydrogens is 270 g/mol. The Labute approximate surface area is 124 Å². The molecule has 0 bridgehead atoms. The number of methoxy groups -OCH3 is 1. The van der Waals surface area contributed by atoms with Gasteiger partial charge in [0, 0.05) is 36.2 Å². The lowest BCUT2D eigenvalue weighted by molar-refractivity contribution is 0.199. The fourth-order valence-corrected chi connectivity index (χ4v) is 3.06. The van der Waals surface area contributed by atoms with Gasteiger partial charge in [-0.25, -0.2) is 4.98 Å². The summed E-state index contributed by atoms with van der Waals surface area (Å²) in [5.74, 6) is 1.07. The molecule has 0 aliphatic rings. The minimum atomic E-state index is 0.734. The zero-order valence-electron chi connectivity index (χ0n) is 12.5. The highest BCUT2D eigenvalue weighted by Gasteiger charge is 2.08. The van der Waals surface area contributed by atoms with Crippen molar-refractivity contribution in [3.8, 4) is 0 Å². The van der Waals surface area contributed by atoms with Crippen LogP contribution in [-0.4, -0.2) is 29.8 Å². The van der Waals surface area contributed by atoms with Crippen LogP contribution in [0.4, 0.5) is 0 Å². The Bertz CT molecular complexity index is 533. The summed E-state index contributed by atoms with van der Waals surface area (Å²) in [4.78, 5) is 7.27. The van der Waals surface area contributed by atoms with E-state index in [2.05, 4.69) is 40.8 Å². The van der Waals surface area contributed by atoms with E-state index in [1.54, 1.807) is 7.11 Å². The topological polar surface area (TPSA) is 39.1 Å². The van der Waals surface area contributed by atoms with Gasteiger partial charge in [0.05, 0.1) is 18.8 Å². The van der Waals surface area contributed by atoms with Gasteiger partial charge in [-0.15, -0.1) is 11.3 Å². The van der Waals surface area contributed by atoms with Gasteiger partial charge >= 0.3 is 0 Å². The molecule has 4 nitrogen and oxygen atoms in total. The molecule has 5 heteroatoms. The largest absolute Gasteiger partial charge is 0.383 e. The lowest BCUT2D eigenvalue weighted by Gasteiger charge is -2.10. The number of aryl methyl sites for hydroxylation is 2. The van der Waals surface area contributed by atoms with E-state index in [0.29, 0.717) is 0 Å². The van der Waals surface area contributed by atoms with Crippen molar-refractivity contribution in [3.05, 3.63) is 39.6 Å². The molecule has 0 aliphatic heterocycles. The van der Waals surface area contributed by atoms with Crippen molar-refractivity contribution >= 4 is 11.3 Å². The number of aromatic nitrogens is 2. The van der Waals surface area contributed by atoms with Crippen LogP contribution in [0.15, 0.2) is 18.3 Å². The van der Waals surface area contributed by atoms with Crippen LogP contribution in [0.5, 0.6) is 0 Å². The molecule has 20 heavy (non-hydrogen) atoms. The third-order valence-electron chi connectivity index (χ3n) is 3.31. The predicted octanol–water partition coefficient (Wildman–Crippen LogP) is 2.60. The van der Waals surface area contributed by atoms with Gasteiger partial charge in [0.15, 0.2) is 0 Å². The predicted molar refractivity (Wildman–Crippen MR) is 83.3 cm³/mol. The molecule has 1 N–H and O–H groups in total. The number of hydrogen-bond acceptors (Lipinski definition) is 4. The third kappa shape index (κ3) is 3.91. The summed E-state index contributed by atoms with van der Waals surface area (Å²) in [7, 11) is 1.72. The standard InChI is InChI=1S/C15H23N3OS/c1-4-14-5-6-15(20-14)11-18-12(2)17-10-13(18)9-16-7-8-19-3/h5-6,10,16H,4,7-9,11H2,1-3H3. The summed E-state index contributed by atoms with van der Waals surface area (Å²) in [5, 5.41) is 3.38. The zero-order valence-corrected chi connectivity index (χ0v) is 13.3. The van der Waals surface area contributed by atoms with Crippen LogP contribution in [0, 0.1) is 6.92 Å². The molecule has 2 heterocycles. The molecule has 0 fully saturated rings. The number of rotatable bonds is 8. The molecular formula is C15H23N3OS. The first-order valence-corrected chi connectivity index (χ1v) is 7.84. The first-order chi connectivity index (χ1) is 9.74. The summed E-state index contributed by atoms with van der Waals surface area (Å²) in [6, 6.07) is 4.45. The number of thiophene rings is 1. The first-order valence-electron chi connectivity index (χ1n) is 7.02. The van der Waals surface area contributed by atoms with Crippen molar-refractivity contribution in [3.63, 3.8) is 0 Å². The lowest BCUT2D eigenvalue weighted by atomic mass is 10.3. The summed E-state index contributed by atoms with van der Waals surface area (Å²) >= 11 is 1.89. The molecule has 0 atom stereocenters. The molecule has 2 aromatic heterocycles. The van der Waals surface area contributed by atoms with Gasteiger partial charge in [-0.3, -0.25) is 0 Å². The minimum absolute atomic E-state index is 0.734. The van der Waals surface area contributed by atoms with E-state index in [9.17, 15) is 0 Å². The average Bonchev–Trinajstić information content (AvgIpc) is 3.04. The van der Waals surface area contributed by atoms with Crippen LogP contribution >= 0.6 is 11.3 Å². The van der Waals surface area contributed by atoms with Crippen LogP contribution in [0.3, 0.4) is 0 Å². The molecule has 0 amide bonds. The van der Waals surface area contributed by atoms with Gasteiger partial charge in [0.2, 0.25) is 0 Å². The van der Waals surface area contributed by atoms with E-state index < -0.39 is 0 Å². The molecule has 0 saturated carbocycles. The quantitative estimate of drug-likeness (QED) is 0.760. The molecule has 0 saturated heterocycles. The Morgan fingerprint density at radius 3 is 2.85 bits per heavy atom. The maximum atomic E-state index is 5.04. The maximum Gasteiger partial charge on any atom is 0.106 e. The van der Waals surface area contributed by atoms with E-state index in [4.69, 9.17) is 4.74 Å². The van der Waals surface area contributed by atoms with Crippen molar-refractivity contribution in [1.29, 1.82) is 0 Å². The zero-order chi connectivity index (χ0) is 14.4. The van der Waals surface area contributed by atoms with E-state index in [1.165, 1.54) is 15.4 Å². The van der Waals surface area contributed by atoms with E-state index in [0.717, 1.165) is 38.5 Å². The van der Waals surface area contributed by atoms with Crippen molar-refractivity contribution in [2.45, 2.75) is 33.4 Å². The van der Waals surface area contributed by atoms with Gasteiger partial charge in [-0.1, -0.05) is 6.92 Å². The van der Waals surface area contributed by atoms with Gasteiger partial charge in [0.1, 0.15) is 5.82 Å². The normalized spacial score (nSPS) is 11.2. The summed E-state index contributed by atoms with van der Waals surface area (Å²) in [5.41, 5.74) is 1.23. The fourth-order valence-electron chi connectivity index (χ4n) is 2.12. The molecule has 0 radical (unpaired) electrons. The van der Waals surface area contributed by atoms with Crippen molar-refractivity contribution in [2.75, 3.05) is 20.3 Å². The summed E-state index contributed by atoms with van der Waals surface area (Å²) < 4.78 is 7.33. The number of ether oxygens (including phenoxy) is 1. The van der Waals surface area contributed by atoms with Gasteiger partial charge in [-0.2, -0.15) is 0 Å². The summed E-state index contributed by atoms with van der Waals surface area (Å²) in [6.07, 6.45) is 3.07. The monoisotopic (exact) mass is 293 g/mol. The van der Waals surface area contributed by atoms with Crippen LogP contribution in [0.25, 0.3) is 0 Å². The van der Waals surface area contributed by atoms with E-state index in [1.807, 2.05) is 17.5 Å². The van der Waals surface area contributed by atoms with Gasteiger partial charge in [-0.05, 0) is 25.5 Å². The van der Waals surface area contributed by atoms with Crippen molar-refractivity contribution in [1.82, 2.24) is 14.9 Å². The molecule has 110 valence electrons. The Balaban J connectivity index is 2.01. The molecule has 2 rings (SSSR count). The lowest BCUT2D eigenvalue weighted by Crippen LogP contribution is -2.20. The fraction of sp³-hybridized carbons (Fsp3) is 0.533. The second-order valence-electron chi connectivity index (χ2n) is 4.77. The first kappa shape index (κ1) is 15.2. The van der Waals surface area contributed by atoms with Crippen molar-refractivity contribution in [2.24, 2.45) is 0 Å². The van der Waals surface area contributed by atoms with Crippen LogP contribution in [-0.2, 0) is 24.2 Å². The number of nitrogens with one attached hydrogen (secondary N) is 1. The van der Waals surface area contributed by atoms with Crippen LogP contribution in [0.1, 0.15) is 28.2 Å². The molecule has 0 unspecified atom stereocenters. The molecule has 0 spiro atoms. The number of hydrogen-bond donors (Lipinski definition) is 1. The second kappa shape index (κ2) is 7.57. The Morgan fingerprint density at radius 1 is 1.35 bits per heavy atom. The third-order valence-corrected chi connectivity index (χ3v) is 4.52. The van der Waals surface area contributed by atoms with E-state index >= 15 is 0 Å². The second-order valence-corrected chi connectivity index (χ2v) is 6.03. The average molecular weight is 293 g/mol. The Kier molecular flexibility index (Phi) is 5.76. The molecule has 0 aromatic carbocycles. The van der Waals surface area contributed by atoms with Gasteiger partial charge < -0.3 is 14.6 Å². The highest BCUT2D eigenvalue weighted by Crippen LogP contribution is 2.19. The molecule has 2 aromatic rings. The van der Waals surface area contributed by atoms with Gasteiger partial charge in [0.25, 0.3) is 0 Å². The van der Waals surface area contributed by atoms with Crippen LogP contribution in [0.2, 0.25) is 0 Å². The maximum absolute atomic E-state index is 5.04. The number of nitrogens with zero attached hydrogens (tertiary/aromatic N) is 2. The number of imidazole rings is 1. The van der Waals surface area contributed by atoms with Crippen LogP contribution < -0.4 is 5.32 Å². The molecule has 0 aliphatic carbocycles. The summed E-state index contributed by atoms with van der Waals surface area (Å²) in [6.45, 7) is 7.60. The highest BCUT2D eigenvalue weighted by atomic mass is 32.1. The smallest absolute Gasteiger partial charge is 0.106 e.